The number of hydrogen-bond donors (Lipinski definition) is 2. The molecule has 1 unspecified atom stereocenters. The summed E-state index contributed by atoms with van der Waals surface area (Å²) in [5.41, 5.74) is 1.13. The Morgan fingerprint density at radius 3 is 2.73 bits per heavy atom. The first-order valence-electron chi connectivity index (χ1n) is 9.70. The summed E-state index contributed by atoms with van der Waals surface area (Å²) in [5.74, 6) is -0.245. The van der Waals surface area contributed by atoms with E-state index in [0.717, 1.165) is 32.0 Å². The number of carbonyl (C=O) groups is 2. The van der Waals surface area contributed by atoms with E-state index in [-0.39, 0.29) is 5.56 Å². The Kier molecular flexibility index (Phi) is 4.94. The van der Waals surface area contributed by atoms with Crippen LogP contribution in [0.4, 0.5) is 11.5 Å². The van der Waals surface area contributed by atoms with Gasteiger partial charge in [-0.25, -0.2) is 0 Å². The van der Waals surface area contributed by atoms with E-state index in [9.17, 15) is 14.7 Å². The molecule has 2 aliphatic rings. The number of hydrogen-bond acceptors (Lipinski definition) is 7. The SMILES string of the molecule is O=C1Nc2cc(Cl)c(C(O)CN3CCN(c4nsc5ccccc45)CC3)cc2C1=O. The number of anilines is 2. The summed E-state index contributed by atoms with van der Waals surface area (Å²) < 4.78 is 5.81. The number of rotatable bonds is 4. The van der Waals surface area contributed by atoms with Crippen LogP contribution in [0.25, 0.3) is 10.1 Å². The number of amides is 1. The van der Waals surface area contributed by atoms with Gasteiger partial charge < -0.3 is 15.3 Å². The van der Waals surface area contributed by atoms with Crippen molar-refractivity contribution in [3.63, 3.8) is 0 Å². The monoisotopic (exact) mass is 442 g/mol. The summed E-state index contributed by atoms with van der Waals surface area (Å²) in [6, 6.07) is 11.3. The van der Waals surface area contributed by atoms with Gasteiger partial charge >= 0.3 is 0 Å². The summed E-state index contributed by atoms with van der Waals surface area (Å²) in [7, 11) is 0. The second-order valence-electron chi connectivity index (χ2n) is 7.51. The molecule has 0 aliphatic carbocycles. The molecule has 1 fully saturated rings. The minimum Gasteiger partial charge on any atom is -0.387 e. The number of aliphatic hydroxyl groups is 1. The molecule has 2 N–H and O–H groups in total. The lowest BCUT2D eigenvalue weighted by atomic mass is 10.0. The molecule has 1 saturated heterocycles. The number of Topliss-reactive ketones (excluding diaryl/α,β-unsaturated/α-hetero) is 1. The molecule has 1 aromatic heterocycles. The van der Waals surface area contributed by atoms with Gasteiger partial charge in [0.2, 0.25) is 0 Å². The Hall–Kier alpha value is -2.52. The van der Waals surface area contributed by atoms with Crippen molar-refractivity contribution >= 4 is 56.4 Å². The lowest BCUT2D eigenvalue weighted by Gasteiger charge is -2.36. The molecule has 3 aromatic rings. The van der Waals surface area contributed by atoms with Crippen LogP contribution >= 0.6 is 23.1 Å². The summed E-state index contributed by atoms with van der Waals surface area (Å²) in [5, 5.41) is 14.8. The Labute approximate surface area is 182 Å². The van der Waals surface area contributed by atoms with Crippen LogP contribution in [0.5, 0.6) is 0 Å². The fourth-order valence-electron chi connectivity index (χ4n) is 4.02. The molecule has 7 nitrogen and oxygen atoms in total. The van der Waals surface area contributed by atoms with E-state index in [1.807, 2.05) is 12.1 Å². The number of halogens is 1. The van der Waals surface area contributed by atoms with Gasteiger partial charge in [0.15, 0.2) is 0 Å². The van der Waals surface area contributed by atoms with Crippen molar-refractivity contribution in [1.82, 2.24) is 9.27 Å². The molecule has 0 bridgehead atoms. The van der Waals surface area contributed by atoms with Gasteiger partial charge in [0.1, 0.15) is 5.82 Å². The van der Waals surface area contributed by atoms with E-state index in [1.54, 1.807) is 0 Å². The predicted octanol–water partition coefficient (Wildman–Crippen LogP) is 2.94. The fourth-order valence-corrected chi connectivity index (χ4v) is 5.11. The molecule has 9 heteroatoms. The van der Waals surface area contributed by atoms with Gasteiger partial charge in [0, 0.05) is 48.7 Å². The molecule has 1 atom stereocenters. The zero-order valence-corrected chi connectivity index (χ0v) is 17.5. The van der Waals surface area contributed by atoms with Crippen molar-refractivity contribution in [3.8, 4) is 0 Å². The largest absolute Gasteiger partial charge is 0.387 e. The number of piperazine rings is 1. The van der Waals surface area contributed by atoms with E-state index in [4.69, 9.17) is 11.6 Å². The average Bonchev–Trinajstić information content (AvgIpc) is 3.29. The normalized spacial score (nSPS) is 18.0. The van der Waals surface area contributed by atoms with Crippen LogP contribution in [0.1, 0.15) is 22.0 Å². The summed E-state index contributed by atoms with van der Waals surface area (Å²) in [6.45, 7) is 3.60. The average molecular weight is 443 g/mol. The maximum atomic E-state index is 12.0. The highest BCUT2D eigenvalue weighted by Gasteiger charge is 2.31. The molecule has 2 aromatic carbocycles. The van der Waals surface area contributed by atoms with E-state index in [2.05, 4.69) is 31.6 Å². The van der Waals surface area contributed by atoms with Crippen molar-refractivity contribution in [3.05, 3.63) is 52.5 Å². The van der Waals surface area contributed by atoms with Gasteiger partial charge in [0.25, 0.3) is 11.7 Å². The molecular weight excluding hydrogens is 424 g/mol. The van der Waals surface area contributed by atoms with Crippen LogP contribution in [-0.2, 0) is 4.79 Å². The standard InChI is InChI=1S/C21H19ClN4O3S/c22-15-10-16-14(19(28)21(29)23-16)9-13(15)17(27)11-25-5-7-26(8-6-25)20-12-3-1-2-4-18(12)30-24-20/h1-4,9-10,17,27H,5-8,11H2,(H,23,28,29). The second kappa shape index (κ2) is 7.63. The molecule has 0 radical (unpaired) electrons. The Morgan fingerprint density at radius 1 is 1.17 bits per heavy atom. The first kappa shape index (κ1) is 19.4. The van der Waals surface area contributed by atoms with Crippen LogP contribution in [0, 0.1) is 0 Å². The van der Waals surface area contributed by atoms with Gasteiger partial charge in [-0.3, -0.25) is 14.5 Å². The first-order chi connectivity index (χ1) is 14.5. The first-order valence-corrected chi connectivity index (χ1v) is 10.9. The molecule has 5 rings (SSSR count). The van der Waals surface area contributed by atoms with Crippen molar-refractivity contribution in [2.45, 2.75) is 6.10 Å². The number of fused-ring (bicyclic) bond motifs is 2. The Bertz CT molecular complexity index is 1160. The van der Waals surface area contributed by atoms with Gasteiger partial charge in [-0.1, -0.05) is 23.7 Å². The summed E-state index contributed by atoms with van der Waals surface area (Å²) >= 11 is 7.82. The van der Waals surface area contributed by atoms with Gasteiger partial charge in [-0.2, -0.15) is 4.37 Å². The number of benzene rings is 2. The smallest absolute Gasteiger partial charge is 0.296 e. The number of ketones is 1. The lowest BCUT2D eigenvalue weighted by Crippen LogP contribution is -2.47. The summed E-state index contributed by atoms with van der Waals surface area (Å²) in [6.07, 6.45) is -0.849. The molecule has 0 spiro atoms. The van der Waals surface area contributed by atoms with Gasteiger partial charge in [-0.05, 0) is 35.8 Å². The van der Waals surface area contributed by atoms with E-state index < -0.39 is 17.8 Å². The maximum Gasteiger partial charge on any atom is 0.296 e. The minimum absolute atomic E-state index is 0.263. The van der Waals surface area contributed by atoms with E-state index in [1.165, 1.54) is 33.8 Å². The fraction of sp³-hybridized carbons (Fsp3) is 0.286. The zero-order chi connectivity index (χ0) is 20.8. The van der Waals surface area contributed by atoms with Crippen molar-refractivity contribution < 1.29 is 14.7 Å². The maximum absolute atomic E-state index is 12.0. The third-order valence-electron chi connectivity index (χ3n) is 5.66. The van der Waals surface area contributed by atoms with Crippen LogP contribution in [0.2, 0.25) is 5.02 Å². The quantitative estimate of drug-likeness (QED) is 0.604. The molecule has 30 heavy (non-hydrogen) atoms. The molecule has 154 valence electrons. The van der Waals surface area contributed by atoms with Crippen LogP contribution in [-0.4, -0.2) is 58.8 Å². The molecule has 0 saturated carbocycles. The Morgan fingerprint density at radius 2 is 1.93 bits per heavy atom. The lowest BCUT2D eigenvalue weighted by molar-refractivity contribution is -0.112. The van der Waals surface area contributed by atoms with Crippen LogP contribution < -0.4 is 10.2 Å². The predicted molar refractivity (Wildman–Crippen MR) is 118 cm³/mol. The highest BCUT2D eigenvalue weighted by Crippen LogP contribution is 2.34. The van der Waals surface area contributed by atoms with Crippen LogP contribution in [0.3, 0.4) is 0 Å². The summed E-state index contributed by atoms with van der Waals surface area (Å²) in [4.78, 5) is 28.0. The number of nitrogens with one attached hydrogen (secondary N) is 1. The van der Waals surface area contributed by atoms with Crippen LogP contribution in [0.15, 0.2) is 36.4 Å². The number of nitrogens with zero attached hydrogens (tertiary/aromatic N) is 3. The van der Waals surface area contributed by atoms with Crippen molar-refractivity contribution in [1.29, 1.82) is 0 Å². The zero-order valence-electron chi connectivity index (χ0n) is 16.0. The number of carbonyl (C=O) groups excluding carboxylic acids is 2. The van der Waals surface area contributed by atoms with Gasteiger partial charge in [-0.15, -0.1) is 0 Å². The van der Waals surface area contributed by atoms with E-state index >= 15 is 0 Å². The molecule has 2 aliphatic heterocycles. The molecule has 1 amide bonds. The molecule has 3 heterocycles. The number of aromatic nitrogens is 1. The molecular formula is C21H19ClN4O3S. The number of aliphatic hydroxyl groups excluding tert-OH is 1. The Balaban J connectivity index is 1.26. The second-order valence-corrected chi connectivity index (χ2v) is 8.72. The third kappa shape index (κ3) is 3.35. The van der Waals surface area contributed by atoms with Crippen molar-refractivity contribution in [2.75, 3.05) is 42.9 Å². The third-order valence-corrected chi connectivity index (χ3v) is 6.80. The minimum atomic E-state index is -0.849. The number of β-amino-alcohol motifs (C(OH)–C–C–N with tert-alkyl or cyclic N) is 1. The van der Waals surface area contributed by atoms with E-state index in [0.29, 0.717) is 22.8 Å². The van der Waals surface area contributed by atoms with Crippen molar-refractivity contribution in [2.24, 2.45) is 0 Å². The highest BCUT2D eigenvalue weighted by molar-refractivity contribution is 7.13. The topological polar surface area (TPSA) is 85.8 Å². The van der Waals surface area contributed by atoms with Gasteiger partial charge in [0.05, 0.1) is 22.1 Å². The highest BCUT2D eigenvalue weighted by atomic mass is 35.5.